The van der Waals surface area contributed by atoms with Crippen molar-refractivity contribution in [3.8, 4) is 0 Å². The van der Waals surface area contributed by atoms with Crippen molar-refractivity contribution >= 4 is 50.8 Å². The number of hydrogen-bond donors (Lipinski definition) is 0. The summed E-state index contributed by atoms with van der Waals surface area (Å²) in [5.74, 6) is 0.0417. The number of amides is 1. The van der Waals surface area contributed by atoms with Gasteiger partial charge in [-0.3, -0.25) is 4.79 Å². The lowest BCUT2D eigenvalue weighted by Crippen LogP contribution is -2.48. The second-order valence-corrected chi connectivity index (χ2v) is 7.64. The minimum Gasteiger partial charge on any atom is -0.368 e. The fourth-order valence-corrected chi connectivity index (χ4v) is 4.04. The molecule has 0 N–H and O–H groups in total. The van der Waals surface area contributed by atoms with E-state index < -0.39 is 0 Å². The van der Waals surface area contributed by atoms with Gasteiger partial charge in [-0.15, -0.1) is 11.3 Å². The Morgan fingerprint density at radius 2 is 1.77 bits per heavy atom. The van der Waals surface area contributed by atoms with Crippen LogP contribution < -0.4 is 4.90 Å². The Morgan fingerprint density at radius 1 is 1.04 bits per heavy atom. The zero-order valence-corrected chi connectivity index (χ0v) is 15.7. The molecule has 132 valence electrons. The molecule has 1 fully saturated rings. The topological polar surface area (TPSA) is 36.4 Å². The van der Waals surface area contributed by atoms with Gasteiger partial charge in [0.1, 0.15) is 5.01 Å². The van der Waals surface area contributed by atoms with Crippen LogP contribution in [0.4, 0.5) is 5.69 Å². The van der Waals surface area contributed by atoms with Gasteiger partial charge in [0, 0.05) is 43.0 Å². The van der Waals surface area contributed by atoms with E-state index in [0.717, 1.165) is 39.0 Å². The summed E-state index contributed by atoms with van der Waals surface area (Å²) in [6.45, 7) is 3.07. The van der Waals surface area contributed by atoms with Crippen LogP contribution in [0.1, 0.15) is 5.01 Å². The minimum atomic E-state index is 0.0417. The van der Waals surface area contributed by atoms with E-state index in [1.165, 1.54) is 0 Å². The maximum Gasteiger partial charge on any atom is 0.246 e. The number of thiazole rings is 1. The van der Waals surface area contributed by atoms with Crippen molar-refractivity contribution in [2.45, 2.75) is 0 Å². The Labute approximate surface area is 161 Å². The summed E-state index contributed by atoms with van der Waals surface area (Å²) < 4.78 is 1.14. The van der Waals surface area contributed by atoms with Crippen LogP contribution in [0, 0.1) is 0 Å². The van der Waals surface area contributed by atoms with E-state index in [-0.39, 0.29) is 5.91 Å². The third-order valence-electron chi connectivity index (χ3n) is 4.46. The number of fused-ring (bicyclic) bond motifs is 1. The maximum atomic E-state index is 12.5. The molecule has 3 aromatic rings. The van der Waals surface area contributed by atoms with E-state index in [1.54, 1.807) is 17.4 Å². The molecule has 26 heavy (non-hydrogen) atoms. The number of hydrogen-bond acceptors (Lipinski definition) is 4. The Kier molecular flexibility index (Phi) is 4.91. The monoisotopic (exact) mass is 383 g/mol. The molecule has 2 aromatic carbocycles. The highest BCUT2D eigenvalue weighted by molar-refractivity contribution is 7.19. The van der Waals surface area contributed by atoms with Crippen LogP contribution in [0.15, 0.2) is 54.6 Å². The number of rotatable bonds is 3. The molecule has 6 heteroatoms. The smallest absolute Gasteiger partial charge is 0.246 e. The fourth-order valence-electron chi connectivity index (χ4n) is 3.05. The van der Waals surface area contributed by atoms with Crippen LogP contribution in [0.5, 0.6) is 0 Å². The average Bonchev–Trinajstić information content (AvgIpc) is 3.10. The number of carbonyl (C=O) groups is 1. The first-order chi connectivity index (χ1) is 12.7. The first-order valence-electron chi connectivity index (χ1n) is 8.52. The summed E-state index contributed by atoms with van der Waals surface area (Å²) in [7, 11) is 0. The maximum absolute atomic E-state index is 12.5. The summed E-state index contributed by atoms with van der Waals surface area (Å²) in [4.78, 5) is 21.1. The van der Waals surface area contributed by atoms with Crippen LogP contribution in [0.3, 0.4) is 0 Å². The predicted molar refractivity (Wildman–Crippen MR) is 109 cm³/mol. The number of anilines is 1. The quantitative estimate of drug-likeness (QED) is 0.632. The van der Waals surface area contributed by atoms with Crippen molar-refractivity contribution in [1.82, 2.24) is 9.88 Å². The van der Waals surface area contributed by atoms with Crippen LogP contribution in [0.25, 0.3) is 16.3 Å². The van der Waals surface area contributed by atoms with Crippen molar-refractivity contribution in [3.63, 3.8) is 0 Å². The second-order valence-electron chi connectivity index (χ2n) is 6.14. The molecule has 0 spiro atoms. The van der Waals surface area contributed by atoms with Gasteiger partial charge in [0.05, 0.1) is 10.2 Å². The molecule has 1 saturated heterocycles. The first-order valence-corrected chi connectivity index (χ1v) is 9.71. The lowest BCUT2D eigenvalue weighted by atomic mass is 10.2. The molecule has 1 aliphatic rings. The van der Waals surface area contributed by atoms with E-state index in [1.807, 2.05) is 59.5 Å². The van der Waals surface area contributed by atoms with E-state index in [9.17, 15) is 4.79 Å². The van der Waals surface area contributed by atoms with Gasteiger partial charge in [-0.2, -0.15) is 0 Å². The van der Waals surface area contributed by atoms with Gasteiger partial charge in [0.2, 0.25) is 5.91 Å². The number of nitrogens with zero attached hydrogens (tertiary/aromatic N) is 3. The van der Waals surface area contributed by atoms with E-state index >= 15 is 0 Å². The minimum absolute atomic E-state index is 0.0417. The highest BCUT2D eigenvalue weighted by atomic mass is 35.5. The number of carbonyl (C=O) groups excluding carboxylic acids is 1. The molecule has 4 nitrogen and oxygen atoms in total. The molecule has 0 aliphatic carbocycles. The summed E-state index contributed by atoms with van der Waals surface area (Å²) in [5.41, 5.74) is 2.12. The largest absolute Gasteiger partial charge is 0.368 e. The Bertz CT molecular complexity index is 910. The van der Waals surface area contributed by atoms with E-state index in [0.29, 0.717) is 13.1 Å². The number of aromatic nitrogens is 1. The Hall–Kier alpha value is -2.37. The van der Waals surface area contributed by atoms with Gasteiger partial charge < -0.3 is 9.80 Å². The average molecular weight is 384 g/mol. The number of piperazine rings is 1. The van der Waals surface area contributed by atoms with Crippen LogP contribution in [-0.4, -0.2) is 42.0 Å². The lowest BCUT2D eigenvalue weighted by molar-refractivity contribution is -0.126. The Balaban J connectivity index is 1.36. The van der Waals surface area contributed by atoms with Gasteiger partial charge in [-0.25, -0.2) is 4.98 Å². The first kappa shape index (κ1) is 17.1. The molecule has 4 rings (SSSR count). The number of para-hydroxylation sites is 1. The van der Waals surface area contributed by atoms with Crippen molar-refractivity contribution in [3.05, 3.63) is 64.6 Å². The normalized spacial score (nSPS) is 15.1. The molecule has 0 atom stereocenters. The summed E-state index contributed by atoms with van der Waals surface area (Å²) in [6, 6.07) is 15.8. The van der Waals surface area contributed by atoms with Crippen LogP contribution in [0.2, 0.25) is 5.02 Å². The van der Waals surface area contributed by atoms with Gasteiger partial charge in [-0.05, 0) is 42.5 Å². The molecule has 0 bridgehead atoms. The molecule has 0 radical (unpaired) electrons. The molecular weight excluding hydrogens is 366 g/mol. The number of halogens is 1. The van der Waals surface area contributed by atoms with Gasteiger partial charge in [0.25, 0.3) is 0 Å². The predicted octanol–water partition coefficient (Wildman–Crippen LogP) is 4.31. The summed E-state index contributed by atoms with van der Waals surface area (Å²) in [5, 5.41) is 1.60. The molecule has 1 aromatic heterocycles. The van der Waals surface area contributed by atoms with E-state index in [4.69, 9.17) is 11.6 Å². The second kappa shape index (κ2) is 7.48. The highest BCUT2D eigenvalue weighted by Crippen LogP contribution is 2.23. The Morgan fingerprint density at radius 3 is 2.50 bits per heavy atom. The molecule has 1 aliphatic heterocycles. The molecular formula is C20H18ClN3OS. The molecule has 2 heterocycles. The third kappa shape index (κ3) is 3.74. The molecule has 1 amide bonds. The van der Waals surface area contributed by atoms with Gasteiger partial charge in [0.15, 0.2) is 0 Å². The zero-order chi connectivity index (χ0) is 17.9. The van der Waals surface area contributed by atoms with Crippen LogP contribution in [-0.2, 0) is 4.79 Å². The molecule has 0 saturated carbocycles. The van der Waals surface area contributed by atoms with Crippen molar-refractivity contribution < 1.29 is 4.79 Å². The van der Waals surface area contributed by atoms with Crippen molar-refractivity contribution in [2.75, 3.05) is 31.1 Å². The standard InChI is InChI=1S/C20H18ClN3OS/c21-15-5-7-16(8-6-15)23-11-13-24(14-12-23)20(25)10-9-19-22-17-3-1-2-4-18(17)26-19/h1-10H,11-14H2. The third-order valence-corrected chi connectivity index (χ3v) is 5.72. The van der Waals surface area contributed by atoms with Gasteiger partial charge >= 0.3 is 0 Å². The van der Waals surface area contributed by atoms with Crippen LogP contribution >= 0.6 is 22.9 Å². The summed E-state index contributed by atoms with van der Waals surface area (Å²) >= 11 is 7.54. The fraction of sp³-hybridized carbons (Fsp3) is 0.200. The highest BCUT2D eigenvalue weighted by Gasteiger charge is 2.19. The zero-order valence-electron chi connectivity index (χ0n) is 14.1. The van der Waals surface area contributed by atoms with Gasteiger partial charge in [-0.1, -0.05) is 23.7 Å². The van der Waals surface area contributed by atoms with Crippen molar-refractivity contribution in [2.24, 2.45) is 0 Å². The lowest BCUT2D eigenvalue weighted by Gasteiger charge is -2.35. The molecule has 0 unspecified atom stereocenters. The number of benzene rings is 2. The van der Waals surface area contributed by atoms with Crippen molar-refractivity contribution in [1.29, 1.82) is 0 Å². The summed E-state index contributed by atoms with van der Waals surface area (Å²) in [6.07, 6.45) is 3.45. The van der Waals surface area contributed by atoms with E-state index in [2.05, 4.69) is 9.88 Å². The SMILES string of the molecule is O=C(C=Cc1nc2ccccc2s1)N1CCN(c2ccc(Cl)cc2)CC1.